The van der Waals surface area contributed by atoms with Crippen molar-refractivity contribution in [2.45, 2.75) is 19.5 Å². The lowest BCUT2D eigenvalue weighted by molar-refractivity contribution is -0.137. The summed E-state index contributed by atoms with van der Waals surface area (Å²) in [4.78, 5) is 9.33. The average molecular weight is 398 g/mol. The van der Waals surface area contributed by atoms with Crippen molar-refractivity contribution in [1.29, 1.82) is 0 Å². The van der Waals surface area contributed by atoms with Gasteiger partial charge in [0.2, 0.25) is 0 Å². The third-order valence-electron chi connectivity index (χ3n) is 3.71. The Morgan fingerprint density at radius 3 is 2.62 bits per heavy atom. The van der Waals surface area contributed by atoms with Crippen molar-refractivity contribution in [3.8, 4) is 21.6 Å². The number of aromatic nitrogens is 2. The number of halogens is 4. The van der Waals surface area contributed by atoms with Crippen molar-refractivity contribution in [3.05, 3.63) is 53.4 Å². The number of hydrogen-bond donors (Lipinski definition) is 1. The first-order valence-electron chi connectivity index (χ1n) is 7.91. The van der Waals surface area contributed by atoms with E-state index in [9.17, 15) is 13.2 Å². The summed E-state index contributed by atoms with van der Waals surface area (Å²) < 4.78 is 38.6. The molecule has 0 saturated heterocycles. The molecule has 136 valence electrons. The van der Waals surface area contributed by atoms with E-state index in [0.717, 1.165) is 40.7 Å². The highest BCUT2D eigenvalue weighted by Crippen LogP contribution is 2.40. The van der Waals surface area contributed by atoms with Gasteiger partial charge in [-0.3, -0.25) is 4.98 Å². The van der Waals surface area contributed by atoms with Crippen molar-refractivity contribution < 1.29 is 13.2 Å². The topological polar surface area (TPSA) is 37.8 Å². The van der Waals surface area contributed by atoms with Crippen LogP contribution in [-0.4, -0.2) is 16.5 Å². The quantitative estimate of drug-likeness (QED) is 0.543. The number of pyridine rings is 1. The molecule has 2 heterocycles. The van der Waals surface area contributed by atoms with Crippen molar-refractivity contribution >= 4 is 28.1 Å². The molecule has 26 heavy (non-hydrogen) atoms. The van der Waals surface area contributed by atoms with Crippen LogP contribution in [0.2, 0.25) is 5.02 Å². The van der Waals surface area contributed by atoms with Crippen molar-refractivity contribution in [1.82, 2.24) is 9.97 Å². The molecule has 1 N–H and O–H groups in total. The Morgan fingerprint density at radius 2 is 1.92 bits per heavy atom. The number of anilines is 1. The number of nitrogens with one attached hydrogen (secondary N) is 1. The molecule has 1 aromatic carbocycles. The molecule has 0 spiro atoms. The van der Waals surface area contributed by atoms with Crippen LogP contribution >= 0.6 is 22.9 Å². The van der Waals surface area contributed by atoms with Gasteiger partial charge >= 0.3 is 6.18 Å². The minimum Gasteiger partial charge on any atom is -0.362 e. The Labute approximate surface area is 157 Å². The first kappa shape index (κ1) is 18.7. The third-order valence-corrected chi connectivity index (χ3v) is 5.01. The number of nitrogens with zero attached hydrogens (tertiary/aromatic N) is 2. The Balaban J connectivity index is 2.01. The molecule has 8 heteroatoms. The molecular weight excluding hydrogens is 383 g/mol. The maximum atomic E-state index is 12.9. The second-order valence-electron chi connectivity index (χ2n) is 5.57. The van der Waals surface area contributed by atoms with Crippen molar-refractivity contribution in [2.24, 2.45) is 0 Å². The van der Waals surface area contributed by atoms with Gasteiger partial charge in [0.05, 0.1) is 10.4 Å². The Bertz CT molecular complexity index is 909. The maximum absolute atomic E-state index is 12.9. The monoisotopic (exact) mass is 397 g/mol. The fraction of sp³-hybridized carbons (Fsp3) is 0.222. The zero-order chi connectivity index (χ0) is 18.7. The van der Waals surface area contributed by atoms with Gasteiger partial charge in [-0.15, -0.1) is 0 Å². The Hall–Kier alpha value is -2.12. The number of benzene rings is 1. The summed E-state index contributed by atoms with van der Waals surface area (Å²) in [7, 11) is 0. The molecule has 0 atom stereocenters. The number of thiazole rings is 1. The van der Waals surface area contributed by atoms with E-state index in [1.807, 2.05) is 0 Å². The zero-order valence-corrected chi connectivity index (χ0v) is 15.3. The molecule has 0 bridgehead atoms. The normalized spacial score (nSPS) is 11.6. The zero-order valence-electron chi connectivity index (χ0n) is 13.8. The molecule has 0 saturated carbocycles. The van der Waals surface area contributed by atoms with Gasteiger partial charge in [-0.1, -0.05) is 35.9 Å². The van der Waals surface area contributed by atoms with Crippen LogP contribution in [0.3, 0.4) is 0 Å². The van der Waals surface area contributed by atoms with Gasteiger partial charge in [-0.05, 0) is 24.6 Å². The minimum absolute atomic E-state index is 0.0305. The summed E-state index contributed by atoms with van der Waals surface area (Å²) in [6.07, 6.45) is 1.52. The maximum Gasteiger partial charge on any atom is 0.416 e. The van der Waals surface area contributed by atoms with E-state index in [0.29, 0.717) is 11.1 Å². The van der Waals surface area contributed by atoms with E-state index >= 15 is 0 Å². The molecule has 0 fully saturated rings. The molecule has 3 aromatic rings. The smallest absolute Gasteiger partial charge is 0.362 e. The summed E-state index contributed by atoms with van der Waals surface area (Å²) >= 11 is 7.63. The minimum atomic E-state index is -4.43. The van der Waals surface area contributed by atoms with E-state index in [4.69, 9.17) is 11.6 Å². The first-order chi connectivity index (χ1) is 12.4. The van der Waals surface area contributed by atoms with E-state index < -0.39 is 11.7 Å². The Morgan fingerprint density at radius 1 is 1.12 bits per heavy atom. The molecule has 0 radical (unpaired) electrons. The number of alkyl halides is 3. The van der Waals surface area contributed by atoms with E-state index in [1.165, 1.54) is 17.4 Å². The lowest BCUT2D eigenvalue weighted by atomic mass is 10.00. The molecule has 0 aliphatic carbocycles. The summed E-state index contributed by atoms with van der Waals surface area (Å²) in [5.74, 6) is 0. The highest BCUT2D eigenvalue weighted by Gasteiger charge is 2.31. The number of hydrogen-bond acceptors (Lipinski definition) is 4. The second kappa shape index (κ2) is 7.63. The average Bonchev–Trinajstić information content (AvgIpc) is 3.08. The van der Waals surface area contributed by atoms with Gasteiger partial charge < -0.3 is 5.32 Å². The standard InChI is InChI=1S/C18H15ClF3N3S/c1-2-6-24-17-25-10-16(26-17)13-5-7-23-9-14(13)12-4-3-11(8-15(12)19)18(20,21)22/h3-5,7-10H,2,6H2,1H3,(H,24,25). The third kappa shape index (κ3) is 3.99. The summed E-state index contributed by atoms with van der Waals surface area (Å²) in [6.45, 7) is 2.88. The van der Waals surface area contributed by atoms with Gasteiger partial charge in [-0.2, -0.15) is 13.2 Å². The largest absolute Gasteiger partial charge is 0.416 e. The number of rotatable bonds is 5. The molecular formula is C18H15ClF3N3S. The molecule has 0 unspecified atom stereocenters. The SMILES string of the molecule is CCCNc1ncc(-c2ccncc2-c2ccc(C(F)(F)F)cc2Cl)s1. The molecule has 2 aromatic heterocycles. The van der Waals surface area contributed by atoms with Crippen molar-refractivity contribution in [2.75, 3.05) is 11.9 Å². The predicted molar refractivity (Wildman–Crippen MR) is 99.6 cm³/mol. The Kier molecular flexibility index (Phi) is 5.48. The fourth-order valence-corrected chi connectivity index (χ4v) is 3.61. The highest BCUT2D eigenvalue weighted by molar-refractivity contribution is 7.18. The molecule has 3 rings (SSSR count). The summed E-state index contributed by atoms with van der Waals surface area (Å²) in [5, 5.41) is 4.04. The van der Waals surface area contributed by atoms with Crippen LogP contribution < -0.4 is 5.32 Å². The van der Waals surface area contributed by atoms with Crippen LogP contribution in [0.4, 0.5) is 18.3 Å². The van der Waals surface area contributed by atoms with Gasteiger partial charge in [0.25, 0.3) is 0 Å². The lowest BCUT2D eigenvalue weighted by Gasteiger charge is -2.12. The summed E-state index contributed by atoms with van der Waals surface area (Å²) in [5.41, 5.74) is 1.21. The van der Waals surface area contributed by atoms with E-state index in [1.54, 1.807) is 24.7 Å². The molecule has 0 aliphatic heterocycles. The van der Waals surface area contributed by atoms with Crippen LogP contribution in [0.15, 0.2) is 42.9 Å². The summed E-state index contributed by atoms with van der Waals surface area (Å²) in [6, 6.07) is 5.15. The van der Waals surface area contributed by atoms with E-state index in [2.05, 4.69) is 22.2 Å². The second-order valence-corrected chi connectivity index (χ2v) is 7.01. The lowest BCUT2D eigenvalue weighted by Crippen LogP contribution is -2.04. The van der Waals surface area contributed by atoms with Crippen LogP contribution in [0, 0.1) is 0 Å². The predicted octanol–water partition coefficient (Wildman–Crippen LogP) is 6.37. The van der Waals surface area contributed by atoms with Crippen molar-refractivity contribution in [3.63, 3.8) is 0 Å². The molecule has 0 amide bonds. The van der Waals surface area contributed by atoms with Gasteiger partial charge in [0, 0.05) is 46.8 Å². The van der Waals surface area contributed by atoms with Crippen LogP contribution in [0.5, 0.6) is 0 Å². The van der Waals surface area contributed by atoms with Gasteiger partial charge in [0.1, 0.15) is 0 Å². The molecule has 0 aliphatic rings. The van der Waals surface area contributed by atoms with Crippen LogP contribution in [0.25, 0.3) is 21.6 Å². The molecule has 3 nitrogen and oxygen atoms in total. The van der Waals surface area contributed by atoms with Crippen LogP contribution in [0.1, 0.15) is 18.9 Å². The van der Waals surface area contributed by atoms with Crippen LogP contribution in [-0.2, 0) is 6.18 Å². The first-order valence-corrected chi connectivity index (χ1v) is 9.10. The highest BCUT2D eigenvalue weighted by atomic mass is 35.5. The van der Waals surface area contributed by atoms with Gasteiger partial charge in [-0.25, -0.2) is 4.98 Å². The van der Waals surface area contributed by atoms with E-state index in [-0.39, 0.29) is 5.02 Å². The van der Waals surface area contributed by atoms with Gasteiger partial charge in [0.15, 0.2) is 5.13 Å². The fourth-order valence-electron chi connectivity index (χ4n) is 2.45.